The second-order valence-electron chi connectivity index (χ2n) is 9.78. The predicted molar refractivity (Wildman–Crippen MR) is 144 cm³/mol. The normalized spacial score (nSPS) is 17.5. The number of H-pyrrole nitrogens is 1. The lowest BCUT2D eigenvalue weighted by Crippen LogP contribution is -2.44. The Morgan fingerprint density at radius 2 is 1.81 bits per heavy atom. The molecule has 0 unspecified atom stereocenters. The van der Waals surface area contributed by atoms with E-state index in [0.29, 0.717) is 17.2 Å². The second kappa shape index (κ2) is 9.75. The van der Waals surface area contributed by atoms with Crippen molar-refractivity contribution in [1.29, 1.82) is 0 Å². The summed E-state index contributed by atoms with van der Waals surface area (Å²) >= 11 is 0. The average Bonchev–Trinajstić information content (AvgIpc) is 3.41. The maximum atomic E-state index is 12.8. The van der Waals surface area contributed by atoms with Crippen LogP contribution in [0.4, 0.5) is 17.2 Å². The van der Waals surface area contributed by atoms with E-state index in [4.69, 9.17) is 4.98 Å². The van der Waals surface area contributed by atoms with E-state index in [1.807, 2.05) is 18.3 Å². The molecular weight excluding hydrogens is 452 g/mol. The molecule has 2 aliphatic rings. The van der Waals surface area contributed by atoms with E-state index in [2.05, 4.69) is 72.7 Å². The van der Waals surface area contributed by atoms with E-state index in [1.165, 1.54) is 5.69 Å². The molecule has 1 aromatic carbocycles. The van der Waals surface area contributed by atoms with Gasteiger partial charge in [0, 0.05) is 55.5 Å². The number of nitrogens with one attached hydrogen (secondary N) is 3. The molecule has 0 radical (unpaired) electrons. The van der Waals surface area contributed by atoms with Crippen molar-refractivity contribution in [2.45, 2.75) is 18.9 Å². The molecule has 0 saturated carbocycles. The molecule has 9 heteroatoms. The maximum Gasteiger partial charge on any atom is 0.259 e. The summed E-state index contributed by atoms with van der Waals surface area (Å²) in [6.45, 7) is 6.21. The van der Waals surface area contributed by atoms with Gasteiger partial charge in [-0.1, -0.05) is 0 Å². The number of piperazine rings is 1. The van der Waals surface area contributed by atoms with Crippen molar-refractivity contribution in [3.05, 3.63) is 65.3 Å². The first kappa shape index (κ1) is 22.8. The number of fused-ring (bicyclic) bond motifs is 1. The number of hydrogen-bond acceptors (Lipinski definition) is 7. The van der Waals surface area contributed by atoms with Gasteiger partial charge in [0.25, 0.3) is 5.56 Å². The number of hydrogen-bond donors (Lipinski definition) is 3. The first-order valence-electron chi connectivity index (χ1n) is 12.7. The third-order valence-corrected chi connectivity index (χ3v) is 7.33. The minimum atomic E-state index is -0.159. The van der Waals surface area contributed by atoms with Crippen LogP contribution < -0.4 is 21.1 Å². The molecule has 9 nitrogen and oxygen atoms in total. The van der Waals surface area contributed by atoms with Gasteiger partial charge < -0.3 is 25.4 Å². The van der Waals surface area contributed by atoms with Crippen molar-refractivity contribution in [3.8, 4) is 11.3 Å². The Hall–Kier alpha value is -3.69. The molecule has 5 heterocycles. The molecule has 0 bridgehead atoms. The molecule has 3 N–H and O–H groups in total. The number of anilines is 3. The molecule has 0 aliphatic carbocycles. The Balaban J connectivity index is 1.30. The summed E-state index contributed by atoms with van der Waals surface area (Å²) in [5, 5.41) is 12.8. The third kappa shape index (κ3) is 4.59. The van der Waals surface area contributed by atoms with Gasteiger partial charge in [0.1, 0.15) is 5.82 Å². The van der Waals surface area contributed by atoms with Crippen molar-refractivity contribution in [1.82, 2.24) is 30.0 Å². The minimum absolute atomic E-state index is 0.159. The van der Waals surface area contributed by atoms with Crippen molar-refractivity contribution in [2.75, 3.05) is 56.5 Å². The van der Waals surface area contributed by atoms with Gasteiger partial charge in [-0.2, -0.15) is 5.10 Å². The van der Waals surface area contributed by atoms with Crippen LogP contribution in [-0.2, 0) is 0 Å². The number of likely N-dealkylation sites (N-methyl/N-ethyl adjacent to an activating group) is 1. The lowest BCUT2D eigenvalue weighted by Gasteiger charge is -2.34. The van der Waals surface area contributed by atoms with Crippen LogP contribution in [0.1, 0.15) is 18.9 Å². The highest BCUT2D eigenvalue weighted by Gasteiger charge is 2.18. The van der Waals surface area contributed by atoms with Crippen LogP contribution in [0.3, 0.4) is 0 Å². The van der Waals surface area contributed by atoms with Crippen molar-refractivity contribution < 1.29 is 0 Å². The molecule has 3 aromatic heterocycles. The molecule has 2 fully saturated rings. The van der Waals surface area contributed by atoms with Crippen LogP contribution >= 0.6 is 0 Å². The smallest absolute Gasteiger partial charge is 0.259 e. The maximum absolute atomic E-state index is 12.8. The average molecular weight is 485 g/mol. The third-order valence-electron chi connectivity index (χ3n) is 7.33. The van der Waals surface area contributed by atoms with Crippen LogP contribution in [0.5, 0.6) is 0 Å². The van der Waals surface area contributed by atoms with Crippen molar-refractivity contribution in [3.63, 3.8) is 0 Å². The number of benzene rings is 1. The predicted octanol–water partition coefficient (Wildman–Crippen LogP) is 3.21. The highest BCUT2D eigenvalue weighted by Crippen LogP contribution is 2.29. The van der Waals surface area contributed by atoms with E-state index in [9.17, 15) is 4.79 Å². The highest BCUT2D eigenvalue weighted by atomic mass is 16.1. The van der Waals surface area contributed by atoms with Crippen LogP contribution in [0.15, 0.2) is 59.8 Å². The molecule has 186 valence electrons. The van der Waals surface area contributed by atoms with Gasteiger partial charge in [-0.3, -0.25) is 9.48 Å². The number of nitrogens with zero attached hydrogens (tertiary/aromatic N) is 5. The number of pyridine rings is 2. The van der Waals surface area contributed by atoms with Crippen LogP contribution in [-0.4, -0.2) is 71.0 Å². The fraction of sp³-hybridized carbons (Fsp3) is 0.370. The van der Waals surface area contributed by atoms with Gasteiger partial charge in [0.15, 0.2) is 0 Å². The summed E-state index contributed by atoms with van der Waals surface area (Å²) < 4.78 is 2.06. The van der Waals surface area contributed by atoms with Gasteiger partial charge in [0.05, 0.1) is 23.3 Å². The molecule has 36 heavy (non-hydrogen) atoms. The summed E-state index contributed by atoms with van der Waals surface area (Å²) in [5.41, 5.74) is 3.69. The Morgan fingerprint density at radius 3 is 2.58 bits per heavy atom. The topological polar surface area (TPSA) is 94.1 Å². The van der Waals surface area contributed by atoms with Gasteiger partial charge in [-0.15, -0.1) is 0 Å². The number of aromatic nitrogens is 4. The summed E-state index contributed by atoms with van der Waals surface area (Å²) in [4.78, 5) is 25.2. The van der Waals surface area contributed by atoms with E-state index in [-0.39, 0.29) is 5.56 Å². The lowest BCUT2D eigenvalue weighted by molar-refractivity contribution is 0.313. The Morgan fingerprint density at radius 1 is 1.03 bits per heavy atom. The molecule has 0 spiro atoms. The Bertz CT molecular complexity index is 1400. The van der Waals surface area contributed by atoms with E-state index in [0.717, 1.165) is 74.4 Å². The molecular formula is C27H32N8O. The monoisotopic (exact) mass is 484 g/mol. The minimum Gasteiger partial charge on any atom is -0.369 e. The van der Waals surface area contributed by atoms with E-state index < -0.39 is 0 Å². The molecule has 6 rings (SSSR count). The fourth-order valence-corrected chi connectivity index (χ4v) is 5.15. The van der Waals surface area contributed by atoms with Crippen molar-refractivity contribution in [2.24, 2.45) is 0 Å². The first-order valence-corrected chi connectivity index (χ1v) is 12.7. The van der Waals surface area contributed by atoms with Crippen LogP contribution in [0, 0.1) is 0 Å². The zero-order valence-electron chi connectivity index (χ0n) is 20.6. The van der Waals surface area contributed by atoms with Crippen LogP contribution in [0.25, 0.3) is 22.0 Å². The summed E-state index contributed by atoms with van der Waals surface area (Å²) in [6, 6.07) is 12.7. The van der Waals surface area contributed by atoms with E-state index in [1.54, 1.807) is 6.20 Å². The number of aromatic amines is 1. The Kier molecular flexibility index (Phi) is 6.16. The first-order chi connectivity index (χ1) is 17.6. The van der Waals surface area contributed by atoms with E-state index >= 15 is 0 Å². The second-order valence-corrected chi connectivity index (χ2v) is 9.78. The summed E-state index contributed by atoms with van der Waals surface area (Å²) in [5.74, 6) is 0.548. The zero-order chi connectivity index (χ0) is 24.5. The number of piperidine rings is 1. The standard InChI is InChI=1S/C27H32N8O/c1-33-12-14-34(15-13-33)22-4-2-21(3-5-22)31-26-25-19(6-11-29-27(25)36)16-24(32-26)20-17-30-35(18-20)23-7-9-28-10-8-23/h2-6,11,16-18,23,28H,7-10,12-15H2,1H3,(H,29,36)(H,31,32). The SMILES string of the molecule is CN1CCN(c2ccc(Nc3nc(-c4cnn(C5CCNCC5)c4)cc4cc[nH]c(=O)c34)cc2)CC1. The molecule has 2 aliphatic heterocycles. The quantitative estimate of drug-likeness (QED) is 0.400. The van der Waals surface area contributed by atoms with Crippen molar-refractivity contribution >= 4 is 28.0 Å². The summed E-state index contributed by atoms with van der Waals surface area (Å²) in [7, 11) is 2.16. The molecule has 0 atom stereocenters. The van der Waals surface area contributed by atoms with Gasteiger partial charge >= 0.3 is 0 Å². The van der Waals surface area contributed by atoms with Gasteiger partial charge in [-0.05, 0) is 74.8 Å². The largest absolute Gasteiger partial charge is 0.369 e. The summed E-state index contributed by atoms with van der Waals surface area (Å²) in [6.07, 6.45) is 7.77. The van der Waals surface area contributed by atoms with Gasteiger partial charge in [0.2, 0.25) is 0 Å². The molecule has 4 aromatic rings. The highest BCUT2D eigenvalue weighted by molar-refractivity contribution is 5.95. The molecule has 2 saturated heterocycles. The zero-order valence-corrected chi connectivity index (χ0v) is 20.6. The Labute approximate surface area is 210 Å². The van der Waals surface area contributed by atoms with Crippen LogP contribution in [0.2, 0.25) is 0 Å². The van der Waals surface area contributed by atoms with Gasteiger partial charge in [-0.25, -0.2) is 4.98 Å². The molecule has 0 amide bonds. The number of rotatable bonds is 5. The lowest BCUT2D eigenvalue weighted by atomic mass is 10.1. The fourth-order valence-electron chi connectivity index (χ4n) is 5.15.